The summed E-state index contributed by atoms with van der Waals surface area (Å²) in [6.07, 6.45) is 0. The summed E-state index contributed by atoms with van der Waals surface area (Å²) in [5.41, 5.74) is 7.53. The van der Waals surface area contributed by atoms with E-state index in [0.29, 0.717) is 0 Å². The lowest BCUT2D eigenvalue weighted by Gasteiger charge is -2.33. The first-order chi connectivity index (χ1) is 8.50. The summed E-state index contributed by atoms with van der Waals surface area (Å²) in [7, 11) is 1.87. The molecule has 0 saturated heterocycles. The van der Waals surface area contributed by atoms with Gasteiger partial charge < -0.3 is 10.0 Å². The molecule has 1 aromatic carbocycles. The average molecular weight is 261 g/mol. The molecule has 0 unspecified atom stereocenters. The largest absolute Gasteiger partial charge is 0.495 e. The third-order valence-corrected chi connectivity index (χ3v) is 4.13. The Bertz CT molecular complexity index is 521. The van der Waals surface area contributed by atoms with Gasteiger partial charge in [-0.25, -0.2) is 0 Å². The molecule has 1 aromatic rings. The van der Waals surface area contributed by atoms with Crippen LogP contribution in [0.2, 0.25) is 0 Å². The summed E-state index contributed by atoms with van der Waals surface area (Å²) in [5, 5.41) is 9.77. The summed E-state index contributed by atoms with van der Waals surface area (Å²) in [6.45, 7) is 18.9. The van der Waals surface area contributed by atoms with Gasteiger partial charge in [0, 0.05) is 7.05 Å². The van der Waals surface area contributed by atoms with Crippen molar-refractivity contribution in [3.8, 4) is 0 Å². The van der Waals surface area contributed by atoms with Crippen LogP contribution < -0.4 is 4.90 Å². The smallest absolute Gasteiger partial charge is 0.183 e. The second kappa shape index (κ2) is 4.92. The number of hydrogen-bond donors (Lipinski definition) is 1. The molecule has 0 aliphatic carbocycles. The summed E-state index contributed by atoms with van der Waals surface area (Å²) in [6, 6.07) is 0. The molecule has 0 spiro atoms. The highest BCUT2D eigenvalue weighted by Crippen LogP contribution is 2.40. The Morgan fingerprint density at radius 1 is 0.947 bits per heavy atom. The van der Waals surface area contributed by atoms with Gasteiger partial charge in [0.25, 0.3) is 0 Å². The number of benzene rings is 1. The number of aliphatic hydroxyl groups is 1. The normalized spacial score (nSPS) is 11.6. The molecular weight excluding hydrogens is 234 g/mol. The second-order valence-electron chi connectivity index (χ2n) is 6.45. The molecule has 19 heavy (non-hydrogen) atoms. The fourth-order valence-electron chi connectivity index (χ4n) is 2.76. The van der Waals surface area contributed by atoms with E-state index in [0.717, 1.165) is 5.69 Å². The van der Waals surface area contributed by atoms with Gasteiger partial charge in [0.2, 0.25) is 0 Å². The van der Waals surface area contributed by atoms with Crippen LogP contribution in [0, 0.1) is 27.7 Å². The first kappa shape index (κ1) is 15.6. The lowest BCUT2D eigenvalue weighted by atomic mass is 9.78. The van der Waals surface area contributed by atoms with Gasteiger partial charge in [-0.3, -0.25) is 0 Å². The Balaban J connectivity index is 3.83. The quantitative estimate of drug-likeness (QED) is 0.781. The van der Waals surface area contributed by atoms with Crippen molar-refractivity contribution in [3.63, 3.8) is 0 Å². The Morgan fingerprint density at radius 2 is 1.37 bits per heavy atom. The molecule has 1 rings (SSSR count). The summed E-state index contributed by atoms with van der Waals surface area (Å²) in [4.78, 5) is 1.79. The van der Waals surface area contributed by atoms with Gasteiger partial charge in [-0.05, 0) is 67.5 Å². The van der Waals surface area contributed by atoms with E-state index < -0.39 is 0 Å². The van der Waals surface area contributed by atoms with E-state index in [1.54, 1.807) is 4.90 Å². The van der Waals surface area contributed by atoms with Crippen molar-refractivity contribution in [1.82, 2.24) is 0 Å². The van der Waals surface area contributed by atoms with E-state index in [1.165, 1.54) is 27.8 Å². The lowest BCUT2D eigenvalue weighted by Crippen LogP contribution is -2.25. The van der Waals surface area contributed by atoms with Crippen molar-refractivity contribution in [1.29, 1.82) is 0 Å². The van der Waals surface area contributed by atoms with Gasteiger partial charge in [0.1, 0.15) is 0 Å². The van der Waals surface area contributed by atoms with Crippen molar-refractivity contribution in [2.75, 3.05) is 11.9 Å². The number of nitrogens with zero attached hydrogens (tertiary/aromatic N) is 1. The van der Waals surface area contributed by atoms with Crippen LogP contribution >= 0.6 is 0 Å². The van der Waals surface area contributed by atoms with Crippen LogP contribution in [0.5, 0.6) is 0 Å². The molecule has 0 saturated carbocycles. The van der Waals surface area contributed by atoms with Crippen molar-refractivity contribution >= 4 is 5.69 Å². The number of hydrogen-bond acceptors (Lipinski definition) is 2. The Hall–Kier alpha value is -1.44. The maximum absolute atomic E-state index is 9.77. The minimum Gasteiger partial charge on any atom is -0.495 e. The molecule has 0 atom stereocenters. The molecule has 2 nitrogen and oxygen atoms in total. The number of aliphatic hydroxyl groups excluding tert-OH is 1. The third-order valence-electron chi connectivity index (χ3n) is 4.13. The zero-order valence-corrected chi connectivity index (χ0v) is 13.6. The van der Waals surface area contributed by atoms with Crippen molar-refractivity contribution in [2.45, 2.75) is 53.9 Å². The maximum atomic E-state index is 9.77. The van der Waals surface area contributed by atoms with Crippen LogP contribution in [0.15, 0.2) is 12.5 Å². The Labute approximate surface area is 117 Å². The highest BCUT2D eigenvalue weighted by atomic mass is 16.3. The van der Waals surface area contributed by atoms with E-state index in [2.05, 4.69) is 55.0 Å². The minimum absolute atomic E-state index is 0.0202. The van der Waals surface area contributed by atoms with Gasteiger partial charge in [-0.2, -0.15) is 0 Å². The van der Waals surface area contributed by atoms with Crippen LogP contribution in [-0.2, 0) is 5.41 Å². The van der Waals surface area contributed by atoms with Gasteiger partial charge >= 0.3 is 0 Å². The molecule has 0 aliphatic rings. The Kier molecular flexibility index (Phi) is 4.04. The van der Waals surface area contributed by atoms with E-state index in [9.17, 15) is 5.11 Å². The highest BCUT2D eigenvalue weighted by Gasteiger charge is 2.27. The van der Waals surface area contributed by atoms with Crippen LogP contribution in [0.1, 0.15) is 48.6 Å². The van der Waals surface area contributed by atoms with E-state index >= 15 is 0 Å². The first-order valence-corrected chi connectivity index (χ1v) is 6.72. The molecule has 0 aliphatic heterocycles. The van der Waals surface area contributed by atoms with Crippen molar-refractivity contribution < 1.29 is 5.11 Å². The van der Waals surface area contributed by atoms with Crippen molar-refractivity contribution in [2.24, 2.45) is 0 Å². The zero-order valence-electron chi connectivity index (χ0n) is 13.6. The lowest BCUT2D eigenvalue weighted by molar-refractivity contribution is 0.399. The topological polar surface area (TPSA) is 23.5 Å². The van der Waals surface area contributed by atoms with Crippen LogP contribution in [0.3, 0.4) is 0 Å². The number of rotatable bonds is 2. The predicted molar refractivity (Wildman–Crippen MR) is 84.3 cm³/mol. The molecule has 0 radical (unpaired) electrons. The van der Waals surface area contributed by atoms with E-state index in [4.69, 9.17) is 0 Å². The summed E-state index contributed by atoms with van der Waals surface area (Å²) < 4.78 is 0. The van der Waals surface area contributed by atoms with E-state index in [1.807, 2.05) is 7.05 Å². The van der Waals surface area contributed by atoms with Crippen molar-refractivity contribution in [3.05, 3.63) is 40.3 Å². The van der Waals surface area contributed by atoms with Crippen LogP contribution in [0.4, 0.5) is 5.69 Å². The molecule has 0 amide bonds. The fraction of sp³-hybridized carbons (Fsp3) is 0.529. The van der Waals surface area contributed by atoms with Gasteiger partial charge in [-0.1, -0.05) is 20.8 Å². The van der Waals surface area contributed by atoms with E-state index in [-0.39, 0.29) is 11.3 Å². The third kappa shape index (κ3) is 2.63. The molecule has 0 heterocycles. The van der Waals surface area contributed by atoms with Crippen LogP contribution in [0.25, 0.3) is 0 Å². The molecule has 0 bridgehead atoms. The molecule has 106 valence electrons. The first-order valence-electron chi connectivity index (χ1n) is 6.72. The molecular formula is C17H27NO. The summed E-state index contributed by atoms with van der Waals surface area (Å²) >= 11 is 0. The van der Waals surface area contributed by atoms with Crippen LogP contribution in [-0.4, -0.2) is 12.2 Å². The Morgan fingerprint density at radius 3 is 1.74 bits per heavy atom. The maximum Gasteiger partial charge on any atom is 0.183 e. The molecule has 0 fully saturated rings. The monoisotopic (exact) mass is 261 g/mol. The predicted octanol–water partition coefficient (Wildman–Crippen LogP) is 4.68. The highest BCUT2D eigenvalue weighted by molar-refractivity contribution is 5.69. The van der Waals surface area contributed by atoms with Gasteiger partial charge in [0.15, 0.2) is 5.88 Å². The molecule has 0 aromatic heterocycles. The van der Waals surface area contributed by atoms with Gasteiger partial charge in [-0.15, -0.1) is 0 Å². The summed E-state index contributed by atoms with van der Waals surface area (Å²) in [5.74, 6) is 0.0799. The fourth-order valence-corrected chi connectivity index (χ4v) is 2.76. The standard InChI is InChI=1S/C17H27NO/c1-10-11(2)13(4)16(18(9)14(5)19)15(12(10)3)17(6,7)8/h19H,5H2,1-4,6-9H3. The SMILES string of the molecule is C=C(O)N(C)c1c(C)c(C)c(C)c(C)c1C(C)(C)C. The minimum atomic E-state index is 0.0202. The molecule has 1 N–H and O–H groups in total. The average Bonchev–Trinajstić information content (AvgIpc) is 2.28. The second-order valence-corrected chi connectivity index (χ2v) is 6.45. The zero-order chi connectivity index (χ0) is 15.1. The van der Waals surface area contributed by atoms with Gasteiger partial charge in [0.05, 0.1) is 5.69 Å². The molecule has 2 heteroatoms. The number of anilines is 1.